The van der Waals surface area contributed by atoms with E-state index in [9.17, 15) is 8.42 Å². The predicted molar refractivity (Wildman–Crippen MR) is 105 cm³/mol. The maximum absolute atomic E-state index is 12.5. The number of nitrogens with zero attached hydrogens (tertiary/aromatic N) is 3. The number of fused-ring (bicyclic) bond motifs is 1. The van der Waals surface area contributed by atoms with Crippen LogP contribution in [0.15, 0.2) is 59.8 Å². The molecule has 0 amide bonds. The molecule has 0 aliphatic carbocycles. The number of hydrogen-bond acceptors (Lipinski definition) is 4. The van der Waals surface area contributed by atoms with Gasteiger partial charge in [0, 0.05) is 38.1 Å². The third-order valence-electron chi connectivity index (χ3n) is 4.81. The van der Waals surface area contributed by atoms with E-state index >= 15 is 0 Å². The van der Waals surface area contributed by atoms with Gasteiger partial charge in [-0.05, 0) is 37.1 Å². The second-order valence-electron chi connectivity index (χ2n) is 6.83. The van der Waals surface area contributed by atoms with Crippen LogP contribution < -0.4 is 4.72 Å². The number of benzene rings is 1. The topological polar surface area (TPSA) is 66.7 Å². The van der Waals surface area contributed by atoms with Crippen LogP contribution in [0.1, 0.15) is 18.5 Å². The first kappa shape index (κ1) is 18.4. The van der Waals surface area contributed by atoms with Crippen molar-refractivity contribution in [3.63, 3.8) is 0 Å². The highest BCUT2D eigenvalue weighted by atomic mass is 35.5. The Morgan fingerprint density at radius 2 is 1.81 bits per heavy atom. The number of hydrogen-bond donors (Lipinski definition) is 1. The van der Waals surface area contributed by atoms with Gasteiger partial charge < -0.3 is 4.40 Å². The number of nitrogens with one attached hydrogen (secondary N) is 1. The molecule has 2 aromatic heterocycles. The zero-order chi connectivity index (χ0) is 18.9. The Hall–Kier alpha value is -1.93. The zero-order valence-corrected chi connectivity index (χ0v) is 16.3. The Morgan fingerprint density at radius 3 is 2.56 bits per heavy atom. The molecule has 142 valence electrons. The van der Waals surface area contributed by atoms with E-state index in [0.29, 0.717) is 9.92 Å². The molecule has 27 heavy (non-hydrogen) atoms. The molecule has 6 nitrogen and oxygen atoms in total. The molecular formula is C19H21ClN4O2S. The molecule has 8 heteroatoms. The third kappa shape index (κ3) is 4.32. The highest BCUT2D eigenvalue weighted by Crippen LogP contribution is 2.18. The molecule has 0 atom stereocenters. The quantitative estimate of drug-likeness (QED) is 0.710. The Bertz CT molecular complexity index is 1030. The van der Waals surface area contributed by atoms with Crippen LogP contribution in [0.5, 0.6) is 0 Å². The minimum atomic E-state index is -3.45. The van der Waals surface area contributed by atoms with E-state index < -0.39 is 10.0 Å². The molecule has 3 heterocycles. The molecule has 1 aliphatic heterocycles. The Morgan fingerprint density at radius 1 is 1.07 bits per heavy atom. The van der Waals surface area contributed by atoms with E-state index in [-0.39, 0.29) is 6.04 Å². The lowest BCUT2D eigenvalue weighted by Gasteiger charge is -2.31. The number of sulfonamides is 1. The van der Waals surface area contributed by atoms with Gasteiger partial charge in [-0.25, -0.2) is 18.1 Å². The summed E-state index contributed by atoms with van der Waals surface area (Å²) < 4.78 is 29.7. The fraction of sp³-hybridized carbons (Fsp3) is 0.316. The lowest BCUT2D eigenvalue weighted by Crippen LogP contribution is -2.44. The largest absolute Gasteiger partial charge is 0.305 e. The summed E-state index contributed by atoms with van der Waals surface area (Å²) >= 11 is 6.02. The average molecular weight is 405 g/mol. The van der Waals surface area contributed by atoms with Crippen molar-refractivity contribution in [2.75, 3.05) is 13.1 Å². The first-order chi connectivity index (χ1) is 13.0. The average Bonchev–Trinajstić information content (AvgIpc) is 3.05. The summed E-state index contributed by atoms with van der Waals surface area (Å²) in [6.07, 6.45) is 5.40. The van der Waals surface area contributed by atoms with Crippen LogP contribution >= 0.6 is 11.6 Å². The number of aromatic nitrogens is 2. The van der Waals surface area contributed by atoms with Gasteiger partial charge in [0.25, 0.3) is 0 Å². The van der Waals surface area contributed by atoms with E-state index in [4.69, 9.17) is 11.6 Å². The monoisotopic (exact) mass is 404 g/mol. The molecule has 0 bridgehead atoms. The minimum absolute atomic E-state index is 0.0358. The molecule has 1 N–H and O–H groups in total. The Labute approximate surface area is 163 Å². The number of rotatable bonds is 5. The number of imidazole rings is 1. The van der Waals surface area contributed by atoms with Gasteiger partial charge in [0.05, 0.1) is 15.6 Å². The van der Waals surface area contributed by atoms with Crippen molar-refractivity contribution < 1.29 is 8.42 Å². The van der Waals surface area contributed by atoms with Crippen LogP contribution in [0.4, 0.5) is 0 Å². The van der Waals surface area contributed by atoms with E-state index in [1.165, 1.54) is 0 Å². The van der Waals surface area contributed by atoms with Crippen LogP contribution in [-0.4, -0.2) is 41.8 Å². The molecule has 0 saturated carbocycles. The summed E-state index contributed by atoms with van der Waals surface area (Å²) in [5.41, 5.74) is 1.86. The van der Waals surface area contributed by atoms with Gasteiger partial charge in [0.15, 0.2) is 0 Å². The Balaban J connectivity index is 1.34. The summed E-state index contributed by atoms with van der Waals surface area (Å²) in [5.74, 6) is 0. The number of piperidine rings is 1. The number of halogens is 1. The lowest BCUT2D eigenvalue weighted by atomic mass is 10.1. The maximum Gasteiger partial charge on any atom is 0.240 e. The van der Waals surface area contributed by atoms with E-state index in [1.807, 2.05) is 35.0 Å². The fourth-order valence-corrected chi connectivity index (χ4v) is 4.91. The Kier molecular flexibility index (Phi) is 5.19. The second-order valence-corrected chi connectivity index (χ2v) is 8.98. The van der Waals surface area contributed by atoms with Crippen LogP contribution in [0.2, 0.25) is 5.02 Å². The molecule has 0 radical (unpaired) electrons. The number of pyridine rings is 1. The van der Waals surface area contributed by atoms with Crippen molar-refractivity contribution in [3.05, 3.63) is 65.6 Å². The smallest absolute Gasteiger partial charge is 0.240 e. The molecule has 0 unspecified atom stereocenters. The summed E-state index contributed by atoms with van der Waals surface area (Å²) in [5, 5.41) is 0.679. The summed E-state index contributed by atoms with van der Waals surface area (Å²) in [6, 6.07) is 12.2. The van der Waals surface area contributed by atoms with Crippen molar-refractivity contribution in [1.82, 2.24) is 19.0 Å². The summed E-state index contributed by atoms with van der Waals surface area (Å²) in [4.78, 5) is 7.24. The van der Waals surface area contributed by atoms with E-state index in [0.717, 1.165) is 43.8 Å². The van der Waals surface area contributed by atoms with Gasteiger partial charge in [0.2, 0.25) is 10.0 Å². The number of likely N-dealkylation sites (tertiary alicyclic amines) is 1. The maximum atomic E-state index is 12.5. The molecule has 1 fully saturated rings. The zero-order valence-electron chi connectivity index (χ0n) is 14.8. The van der Waals surface area contributed by atoms with E-state index in [2.05, 4.69) is 14.6 Å². The molecule has 0 spiro atoms. The fourth-order valence-electron chi connectivity index (χ4n) is 3.42. The van der Waals surface area contributed by atoms with Crippen molar-refractivity contribution in [2.45, 2.75) is 30.3 Å². The predicted octanol–water partition coefficient (Wildman–Crippen LogP) is 2.93. The van der Waals surface area contributed by atoms with Crippen molar-refractivity contribution in [2.24, 2.45) is 0 Å². The molecule has 1 aromatic carbocycles. The first-order valence-corrected chi connectivity index (χ1v) is 10.8. The standard InChI is InChI=1S/C19H21ClN4O2S/c20-15-6-7-19-21-17(14-24(19)12-15)13-23-10-8-16(9-11-23)22-27(25,26)18-4-2-1-3-5-18/h1-7,12,14,16,22H,8-11,13H2. The first-order valence-electron chi connectivity index (χ1n) is 8.92. The van der Waals surface area contributed by atoms with Gasteiger partial charge in [-0.2, -0.15) is 0 Å². The van der Waals surface area contributed by atoms with Crippen molar-refractivity contribution >= 4 is 27.3 Å². The SMILES string of the molecule is O=S(=O)(NC1CCN(Cc2cn3cc(Cl)ccc3n2)CC1)c1ccccc1. The van der Waals surface area contributed by atoms with Crippen LogP contribution in [0.25, 0.3) is 5.65 Å². The van der Waals surface area contributed by atoms with Gasteiger partial charge in [-0.3, -0.25) is 4.90 Å². The van der Waals surface area contributed by atoms with Crippen LogP contribution in [-0.2, 0) is 16.6 Å². The highest BCUT2D eigenvalue weighted by Gasteiger charge is 2.24. The normalized spacial score (nSPS) is 16.8. The molecule has 1 saturated heterocycles. The van der Waals surface area contributed by atoms with E-state index in [1.54, 1.807) is 24.3 Å². The van der Waals surface area contributed by atoms with Gasteiger partial charge in [-0.1, -0.05) is 29.8 Å². The molecule has 4 rings (SSSR count). The highest BCUT2D eigenvalue weighted by molar-refractivity contribution is 7.89. The van der Waals surface area contributed by atoms with Crippen LogP contribution in [0.3, 0.4) is 0 Å². The second kappa shape index (κ2) is 7.59. The van der Waals surface area contributed by atoms with Gasteiger partial charge in [-0.15, -0.1) is 0 Å². The lowest BCUT2D eigenvalue weighted by molar-refractivity contribution is 0.198. The van der Waals surface area contributed by atoms with Gasteiger partial charge >= 0.3 is 0 Å². The molecule has 3 aromatic rings. The van der Waals surface area contributed by atoms with Crippen LogP contribution in [0, 0.1) is 0 Å². The van der Waals surface area contributed by atoms with Crippen molar-refractivity contribution in [1.29, 1.82) is 0 Å². The minimum Gasteiger partial charge on any atom is -0.305 e. The summed E-state index contributed by atoms with van der Waals surface area (Å²) in [6.45, 7) is 2.41. The van der Waals surface area contributed by atoms with Crippen molar-refractivity contribution in [3.8, 4) is 0 Å². The summed E-state index contributed by atoms with van der Waals surface area (Å²) in [7, 11) is -3.45. The molecule has 1 aliphatic rings. The van der Waals surface area contributed by atoms with Gasteiger partial charge in [0.1, 0.15) is 5.65 Å². The molecular weight excluding hydrogens is 384 g/mol. The third-order valence-corrected chi connectivity index (χ3v) is 6.57.